The van der Waals surface area contributed by atoms with Gasteiger partial charge in [-0.15, -0.1) is 11.3 Å². The molecule has 2 aromatic rings. The van der Waals surface area contributed by atoms with E-state index >= 15 is 0 Å². The van der Waals surface area contributed by atoms with E-state index in [1.54, 1.807) is 13.0 Å². The minimum Gasteiger partial charge on any atom is -0.360 e. The Balaban J connectivity index is 1.47. The maximum absolute atomic E-state index is 11.8. The molecule has 0 aliphatic carbocycles. The standard InChI is InChI=1S/C14H17N3O2S/c1-10-8-13(16-19-10)15-14(18)3-6-17-5-2-12-11(9-17)4-7-20-12/h4,7-8H,2-3,5-6,9H2,1H3,(H,15,16,18). The molecular weight excluding hydrogens is 274 g/mol. The molecular formula is C14H17N3O2S. The molecule has 0 bridgehead atoms. The molecule has 1 N–H and O–H groups in total. The average molecular weight is 291 g/mol. The van der Waals surface area contributed by atoms with Gasteiger partial charge in [0.1, 0.15) is 5.76 Å². The van der Waals surface area contributed by atoms with Gasteiger partial charge >= 0.3 is 0 Å². The fourth-order valence-corrected chi connectivity index (χ4v) is 3.28. The first-order valence-electron chi connectivity index (χ1n) is 6.71. The first-order valence-corrected chi connectivity index (χ1v) is 7.59. The van der Waals surface area contributed by atoms with Crippen molar-refractivity contribution >= 4 is 23.1 Å². The summed E-state index contributed by atoms with van der Waals surface area (Å²) in [5.74, 6) is 1.17. The zero-order valence-corrected chi connectivity index (χ0v) is 12.2. The van der Waals surface area contributed by atoms with E-state index < -0.39 is 0 Å². The number of rotatable bonds is 4. The van der Waals surface area contributed by atoms with Gasteiger partial charge in [0.25, 0.3) is 0 Å². The number of fused-ring (bicyclic) bond motifs is 1. The molecule has 6 heteroatoms. The lowest BCUT2D eigenvalue weighted by molar-refractivity contribution is -0.116. The van der Waals surface area contributed by atoms with Crippen molar-refractivity contribution in [1.82, 2.24) is 10.1 Å². The third-order valence-corrected chi connectivity index (χ3v) is 4.46. The number of thiophene rings is 1. The summed E-state index contributed by atoms with van der Waals surface area (Å²) in [6.45, 7) is 4.56. The number of hydrogen-bond acceptors (Lipinski definition) is 5. The Labute approximate surface area is 121 Å². The normalized spacial score (nSPS) is 15.1. The van der Waals surface area contributed by atoms with Crippen molar-refractivity contribution in [1.29, 1.82) is 0 Å². The lowest BCUT2D eigenvalue weighted by Crippen LogP contribution is -2.32. The molecule has 0 fully saturated rings. The summed E-state index contributed by atoms with van der Waals surface area (Å²) in [4.78, 5) is 15.7. The third-order valence-electron chi connectivity index (χ3n) is 3.44. The van der Waals surface area contributed by atoms with Crippen LogP contribution in [0.25, 0.3) is 0 Å². The number of carbonyl (C=O) groups is 1. The zero-order chi connectivity index (χ0) is 13.9. The third kappa shape index (κ3) is 3.08. The molecule has 0 spiro atoms. The quantitative estimate of drug-likeness (QED) is 0.940. The van der Waals surface area contributed by atoms with E-state index in [-0.39, 0.29) is 5.91 Å². The molecule has 0 atom stereocenters. The van der Waals surface area contributed by atoms with Crippen molar-refractivity contribution < 1.29 is 9.32 Å². The number of carbonyl (C=O) groups excluding carboxylic acids is 1. The number of nitrogens with zero attached hydrogens (tertiary/aromatic N) is 2. The molecule has 5 nitrogen and oxygen atoms in total. The largest absolute Gasteiger partial charge is 0.360 e. The number of hydrogen-bond donors (Lipinski definition) is 1. The fourth-order valence-electron chi connectivity index (χ4n) is 2.39. The van der Waals surface area contributed by atoms with E-state index in [9.17, 15) is 4.79 Å². The Hall–Kier alpha value is -1.66. The molecule has 2 aromatic heterocycles. The van der Waals surface area contributed by atoms with Crippen LogP contribution < -0.4 is 5.32 Å². The molecule has 0 aromatic carbocycles. The highest BCUT2D eigenvalue weighted by atomic mass is 32.1. The van der Waals surface area contributed by atoms with Crippen LogP contribution in [0.15, 0.2) is 22.0 Å². The lowest BCUT2D eigenvalue weighted by atomic mass is 10.1. The molecule has 0 saturated carbocycles. The predicted molar refractivity (Wildman–Crippen MR) is 77.8 cm³/mol. The van der Waals surface area contributed by atoms with Crippen LogP contribution in [0, 0.1) is 6.92 Å². The van der Waals surface area contributed by atoms with Gasteiger partial charge in [-0.25, -0.2) is 0 Å². The molecule has 0 radical (unpaired) electrons. The number of aromatic nitrogens is 1. The lowest BCUT2D eigenvalue weighted by Gasteiger charge is -2.26. The minimum absolute atomic E-state index is 0.0191. The molecule has 0 unspecified atom stereocenters. The highest BCUT2D eigenvalue weighted by molar-refractivity contribution is 7.10. The minimum atomic E-state index is -0.0191. The second-order valence-electron chi connectivity index (χ2n) is 5.02. The van der Waals surface area contributed by atoms with E-state index in [0.717, 1.165) is 26.1 Å². The van der Waals surface area contributed by atoms with Gasteiger partial charge in [0.2, 0.25) is 5.91 Å². The molecule has 1 aliphatic heterocycles. The molecule has 0 saturated heterocycles. The van der Waals surface area contributed by atoms with Crippen LogP contribution in [0.3, 0.4) is 0 Å². The van der Waals surface area contributed by atoms with Gasteiger partial charge < -0.3 is 9.84 Å². The fraction of sp³-hybridized carbons (Fsp3) is 0.429. The molecule has 3 heterocycles. The van der Waals surface area contributed by atoms with Gasteiger partial charge in [-0.05, 0) is 30.4 Å². The van der Waals surface area contributed by atoms with Crippen molar-refractivity contribution in [3.63, 3.8) is 0 Å². The van der Waals surface area contributed by atoms with Crippen molar-refractivity contribution in [3.8, 4) is 0 Å². The van der Waals surface area contributed by atoms with Crippen LogP contribution in [0.2, 0.25) is 0 Å². The molecule has 1 aliphatic rings. The molecule has 20 heavy (non-hydrogen) atoms. The maximum Gasteiger partial charge on any atom is 0.226 e. The molecule has 3 rings (SSSR count). The van der Waals surface area contributed by atoms with Crippen LogP contribution in [0.1, 0.15) is 22.6 Å². The van der Waals surface area contributed by atoms with Crippen LogP contribution in [-0.2, 0) is 17.8 Å². The number of aryl methyl sites for hydroxylation is 1. The van der Waals surface area contributed by atoms with Crippen LogP contribution in [0.5, 0.6) is 0 Å². The average Bonchev–Trinajstić information content (AvgIpc) is 3.04. The summed E-state index contributed by atoms with van der Waals surface area (Å²) in [6, 6.07) is 3.90. The number of anilines is 1. The zero-order valence-electron chi connectivity index (χ0n) is 11.4. The Bertz CT molecular complexity index is 605. The Morgan fingerprint density at radius 3 is 3.30 bits per heavy atom. The SMILES string of the molecule is Cc1cc(NC(=O)CCN2CCc3sccc3C2)no1. The topological polar surface area (TPSA) is 58.4 Å². The van der Waals surface area contributed by atoms with Gasteiger partial charge in [0, 0.05) is 37.0 Å². The number of amides is 1. The molecule has 1 amide bonds. The summed E-state index contributed by atoms with van der Waals surface area (Å²) in [5.41, 5.74) is 1.41. The highest BCUT2D eigenvalue weighted by Gasteiger charge is 2.17. The van der Waals surface area contributed by atoms with Crippen LogP contribution in [0.4, 0.5) is 5.82 Å². The van der Waals surface area contributed by atoms with Gasteiger partial charge in [0.15, 0.2) is 5.82 Å². The van der Waals surface area contributed by atoms with E-state index in [1.165, 1.54) is 10.4 Å². The van der Waals surface area contributed by atoms with E-state index in [0.29, 0.717) is 18.0 Å². The van der Waals surface area contributed by atoms with Crippen molar-refractivity contribution in [2.24, 2.45) is 0 Å². The smallest absolute Gasteiger partial charge is 0.226 e. The predicted octanol–water partition coefficient (Wildman–Crippen LogP) is 2.43. The summed E-state index contributed by atoms with van der Waals surface area (Å²) < 4.78 is 4.92. The summed E-state index contributed by atoms with van der Waals surface area (Å²) in [5, 5.41) is 8.65. The van der Waals surface area contributed by atoms with E-state index in [2.05, 4.69) is 26.8 Å². The summed E-state index contributed by atoms with van der Waals surface area (Å²) >= 11 is 1.83. The van der Waals surface area contributed by atoms with Crippen molar-refractivity contribution in [3.05, 3.63) is 33.7 Å². The van der Waals surface area contributed by atoms with Crippen LogP contribution >= 0.6 is 11.3 Å². The Morgan fingerprint density at radius 1 is 1.60 bits per heavy atom. The highest BCUT2D eigenvalue weighted by Crippen LogP contribution is 2.23. The summed E-state index contributed by atoms with van der Waals surface area (Å²) in [6.07, 6.45) is 1.57. The first-order chi connectivity index (χ1) is 9.70. The van der Waals surface area contributed by atoms with Gasteiger partial charge in [-0.1, -0.05) is 5.16 Å². The van der Waals surface area contributed by atoms with E-state index in [1.807, 2.05) is 11.3 Å². The Morgan fingerprint density at radius 2 is 2.50 bits per heavy atom. The van der Waals surface area contributed by atoms with Crippen molar-refractivity contribution in [2.75, 3.05) is 18.4 Å². The Kier molecular flexibility index (Phi) is 3.84. The molecule has 106 valence electrons. The second-order valence-corrected chi connectivity index (χ2v) is 6.02. The first kappa shape index (κ1) is 13.3. The van der Waals surface area contributed by atoms with Gasteiger partial charge in [0.05, 0.1) is 0 Å². The second kappa shape index (κ2) is 5.76. The number of nitrogens with one attached hydrogen (secondary N) is 1. The van der Waals surface area contributed by atoms with Gasteiger partial charge in [-0.3, -0.25) is 9.69 Å². The van der Waals surface area contributed by atoms with Crippen molar-refractivity contribution in [2.45, 2.75) is 26.3 Å². The van der Waals surface area contributed by atoms with Crippen LogP contribution in [-0.4, -0.2) is 29.1 Å². The van der Waals surface area contributed by atoms with E-state index in [4.69, 9.17) is 4.52 Å². The summed E-state index contributed by atoms with van der Waals surface area (Å²) in [7, 11) is 0. The maximum atomic E-state index is 11.8. The monoisotopic (exact) mass is 291 g/mol. The van der Waals surface area contributed by atoms with Gasteiger partial charge in [-0.2, -0.15) is 0 Å².